The molecule has 2 atom stereocenters. The molecular weight excluding hydrogens is 231 g/mol. The van der Waals surface area contributed by atoms with Gasteiger partial charge >= 0.3 is 0 Å². The quantitative estimate of drug-likeness (QED) is 0.784. The molecule has 18 heavy (non-hydrogen) atoms. The van der Waals surface area contributed by atoms with Crippen molar-refractivity contribution in [3.05, 3.63) is 12.0 Å². The molecule has 0 amide bonds. The summed E-state index contributed by atoms with van der Waals surface area (Å²) in [5, 5.41) is 6.16. The Morgan fingerprint density at radius 1 is 1.33 bits per heavy atom. The number of nitrogens with one attached hydrogen (secondary N) is 2. The van der Waals surface area contributed by atoms with Crippen LogP contribution in [0.4, 0.5) is 16.2 Å². The van der Waals surface area contributed by atoms with Crippen LogP contribution in [-0.2, 0) is 0 Å². The standard InChI is InChI=1S/C13H23FN4/c1-5-7-15-13-16-8-11(14)12(18-13)17-10(4)9(3)6-2/h8-10H,5-7H2,1-4H3,(H2,15,16,17,18). The van der Waals surface area contributed by atoms with Crippen LogP contribution in [0.15, 0.2) is 6.20 Å². The first-order valence-electron chi connectivity index (χ1n) is 6.61. The van der Waals surface area contributed by atoms with Gasteiger partial charge in [-0.3, -0.25) is 0 Å². The van der Waals surface area contributed by atoms with Crippen LogP contribution in [0.1, 0.15) is 40.5 Å². The van der Waals surface area contributed by atoms with Crippen molar-refractivity contribution in [3.8, 4) is 0 Å². The molecule has 0 aliphatic carbocycles. The zero-order valence-corrected chi connectivity index (χ0v) is 11.6. The molecule has 1 heterocycles. The lowest BCUT2D eigenvalue weighted by Gasteiger charge is -2.20. The van der Waals surface area contributed by atoms with E-state index in [0.717, 1.165) is 19.4 Å². The van der Waals surface area contributed by atoms with Crippen LogP contribution in [0.25, 0.3) is 0 Å². The van der Waals surface area contributed by atoms with Crippen molar-refractivity contribution in [2.45, 2.75) is 46.6 Å². The fraction of sp³-hybridized carbons (Fsp3) is 0.692. The molecule has 1 aromatic heterocycles. The van der Waals surface area contributed by atoms with Crippen molar-refractivity contribution >= 4 is 11.8 Å². The molecule has 0 aliphatic rings. The molecule has 0 radical (unpaired) electrons. The average molecular weight is 254 g/mol. The van der Waals surface area contributed by atoms with E-state index in [1.807, 2.05) is 6.92 Å². The highest BCUT2D eigenvalue weighted by Gasteiger charge is 2.14. The smallest absolute Gasteiger partial charge is 0.224 e. The first-order chi connectivity index (χ1) is 8.58. The summed E-state index contributed by atoms with van der Waals surface area (Å²) in [4.78, 5) is 8.07. The Morgan fingerprint density at radius 2 is 2.06 bits per heavy atom. The molecule has 0 spiro atoms. The van der Waals surface area contributed by atoms with Crippen molar-refractivity contribution in [1.29, 1.82) is 0 Å². The Morgan fingerprint density at radius 3 is 2.67 bits per heavy atom. The Labute approximate surface area is 108 Å². The van der Waals surface area contributed by atoms with Gasteiger partial charge in [0, 0.05) is 12.6 Å². The van der Waals surface area contributed by atoms with Crippen molar-refractivity contribution in [2.75, 3.05) is 17.2 Å². The zero-order valence-electron chi connectivity index (χ0n) is 11.6. The molecule has 0 aromatic carbocycles. The van der Waals surface area contributed by atoms with E-state index in [9.17, 15) is 4.39 Å². The number of aromatic nitrogens is 2. The topological polar surface area (TPSA) is 49.8 Å². The molecule has 2 N–H and O–H groups in total. The molecule has 0 saturated heterocycles. The fourth-order valence-corrected chi connectivity index (χ4v) is 1.50. The number of anilines is 2. The highest BCUT2D eigenvalue weighted by molar-refractivity contribution is 5.41. The molecule has 1 rings (SSSR count). The van der Waals surface area contributed by atoms with E-state index >= 15 is 0 Å². The molecule has 1 aromatic rings. The van der Waals surface area contributed by atoms with Gasteiger partial charge < -0.3 is 10.6 Å². The molecular formula is C13H23FN4. The number of hydrogen-bond donors (Lipinski definition) is 2. The molecule has 4 nitrogen and oxygen atoms in total. The third kappa shape index (κ3) is 4.13. The lowest BCUT2D eigenvalue weighted by Crippen LogP contribution is -2.24. The minimum Gasteiger partial charge on any atom is -0.365 e. The van der Waals surface area contributed by atoms with Crippen LogP contribution in [0.3, 0.4) is 0 Å². The van der Waals surface area contributed by atoms with E-state index in [2.05, 4.69) is 41.4 Å². The zero-order chi connectivity index (χ0) is 13.5. The molecule has 5 heteroatoms. The van der Waals surface area contributed by atoms with Gasteiger partial charge in [0.05, 0.1) is 6.20 Å². The lowest BCUT2D eigenvalue weighted by atomic mass is 10.0. The van der Waals surface area contributed by atoms with Crippen molar-refractivity contribution in [1.82, 2.24) is 9.97 Å². The van der Waals surface area contributed by atoms with Gasteiger partial charge in [0.1, 0.15) is 0 Å². The van der Waals surface area contributed by atoms with Crippen molar-refractivity contribution in [2.24, 2.45) is 5.92 Å². The van der Waals surface area contributed by atoms with Crippen LogP contribution >= 0.6 is 0 Å². The second-order valence-electron chi connectivity index (χ2n) is 4.64. The Bertz CT molecular complexity index is 370. The van der Waals surface area contributed by atoms with E-state index < -0.39 is 5.82 Å². The maximum atomic E-state index is 13.6. The normalized spacial score (nSPS) is 14.1. The molecule has 0 aliphatic heterocycles. The van der Waals surface area contributed by atoms with Crippen LogP contribution in [0.2, 0.25) is 0 Å². The van der Waals surface area contributed by atoms with Crippen LogP contribution in [-0.4, -0.2) is 22.6 Å². The van der Waals surface area contributed by atoms with Crippen LogP contribution < -0.4 is 10.6 Å². The van der Waals surface area contributed by atoms with Crippen molar-refractivity contribution in [3.63, 3.8) is 0 Å². The minimum absolute atomic E-state index is 0.179. The van der Waals surface area contributed by atoms with Gasteiger partial charge in [0.15, 0.2) is 11.6 Å². The number of rotatable bonds is 7. The SMILES string of the molecule is CCCNc1ncc(F)c(NC(C)C(C)CC)n1. The van der Waals surface area contributed by atoms with Gasteiger partial charge in [-0.2, -0.15) is 4.98 Å². The molecule has 0 fully saturated rings. The second-order valence-corrected chi connectivity index (χ2v) is 4.64. The van der Waals surface area contributed by atoms with Crippen LogP contribution in [0.5, 0.6) is 0 Å². The van der Waals surface area contributed by atoms with E-state index in [0.29, 0.717) is 11.9 Å². The monoisotopic (exact) mass is 254 g/mol. The first kappa shape index (κ1) is 14.7. The van der Waals surface area contributed by atoms with Gasteiger partial charge in [-0.25, -0.2) is 9.37 Å². The largest absolute Gasteiger partial charge is 0.365 e. The van der Waals surface area contributed by atoms with Gasteiger partial charge in [-0.15, -0.1) is 0 Å². The fourth-order valence-electron chi connectivity index (χ4n) is 1.50. The first-order valence-corrected chi connectivity index (χ1v) is 6.61. The third-order valence-electron chi connectivity index (χ3n) is 3.14. The Kier molecular flexibility index (Phi) is 5.82. The van der Waals surface area contributed by atoms with Gasteiger partial charge in [-0.05, 0) is 19.3 Å². The summed E-state index contributed by atoms with van der Waals surface area (Å²) < 4.78 is 13.6. The Balaban J connectivity index is 2.74. The molecule has 2 unspecified atom stereocenters. The third-order valence-corrected chi connectivity index (χ3v) is 3.14. The summed E-state index contributed by atoms with van der Waals surface area (Å²) in [7, 11) is 0. The Hall–Kier alpha value is -1.39. The maximum Gasteiger partial charge on any atom is 0.224 e. The minimum atomic E-state index is -0.410. The summed E-state index contributed by atoms with van der Waals surface area (Å²) in [6.45, 7) is 9.13. The lowest BCUT2D eigenvalue weighted by molar-refractivity contribution is 0.489. The predicted molar refractivity (Wildman–Crippen MR) is 73.3 cm³/mol. The van der Waals surface area contributed by atoms with E-state index in [4.69, 9.17) is 0 Å². The number of hydrogen-bond acceptors (Lipinski definition) is 4. The maximum absolute atomic E-state index is 13.6. The van der Waals surface area contributed by atoms with E-state index in [1.54, 1.807) is 0 Å². The summed E-state index contributed by atoms with van der Waals surface area (Å²) in [6, 6.07) is 0.179. The molecule has 102 valence electrons. The molecule has 0 bridgehead atoms. The highest BCUT2D eigenvalue weighted by Crippen LogP contribution is 2.17. The second kappa shape index (κ2) is 7.13. The van der Waals surface area contributed by atoms with Gasteiger partial charge in [0.2, 0.25) is 5.95 Å². The van der Waals surface area contributed by atoms with Crippen LogP contribution in [0, 0.1) is 11.7 Å². The summed E-state index contributed by atoms with van der Waals surface area (Å²) >= 11 is 0. The molecule has 0 saturated carbocycles. The number of halogens is 1. The highest BCUT2D eigenvalue weighted by atomic mass is 19.1. The summed E-state index contributed by atoms with van der Waals surface area (Å²) in [6.07, 6.45) is 3.23. The van der Waals surface area contributed by atoms with Crippen molar-refractivity contribution < 1.29 is 4.39 Å². The predicted octanol–water partition coefficient (Wildman–Crippen LogP) is 3.28. The van der Waals surface area contributed by atoms with E-state index in [1.165, 1.54) is 6.20 Å². The summed E-state index contributed by atoms with van der Waals surface area (Å²) in [5.41, 5.74) is 0. The summed E-state index contributed by atoms with van der Waals surface area (Å²) in [5.74, 6) is 0.798. The van der Waals surface area contributed by atoms with E-state index in [-0.39, 0.29) is 11.9 Å². The van der Waals surface area contributed by atoms with Gasteiger partial charge in [-0.1, -0.05) is 27.2 Å². The van der Waals surface area contributed by atoms with Gasteiger partial charge in [0.25, 0.3) is 0 Å². The number of nitrogens with zero attached hydrogens (tertiary/aromatic N) is 2. The average Bonchev–Trinajstić information content (AvgIpc) is 2.38.